The smallest absolute Gasteiger partial charge is 0.337 e. The quantitative estimate of drug-likeness (QED) is 0.831. The van der Waals surface area contributed by atoms with Crippen molar-refractivity contribution in [2.45, 2.75) is 6.92 Å². The van der Waals surface area contributed by atoms with Gasteiger partial charge in [0.2, 0.25) is 5.91 Å². The molecule has 0 heterocycles. The van der Waals surface area contributed by atoms with E-state index in [0.717, 1.165) is 0 Å². The lowest BCUT2D eigenvalue weighted by Crippen LogP contribution is -2.21. The third-order valence-corrected chi connectivity index (χ3v) is 2.94. The van der Waals surface area contributed by atoms with Crippen LogP contribution in [0.3, 0.4) is 0 Å². The van der Waals surface area contributed by atoms with E-state index in [0.29, 0.717) is 5.69 Å². The van der Waals surface area contributed by atoms with Crippen LogP contribution in [0.1, 0.15) is 17.3 Å². The Labute approximate surface area is 109 Å². The lowest BCUT2D eigenvalue weighted by atomic mass is 10.1. The first-order valence-corrected chi connectivity index (χ1v) is 5.76. The number of nitrogens with one attached hydrogen (secondary N) is 1. The van der Waals surface area contributed by atoms with Gasteiger partial charge in [-0.05, 0) is 18.2 Å². The second kappa shape index (κ2) is 5.89. The second-order valence-electron chi connectivity index (χ2n) is 3.54. The largest absolute Gasteiger partial charge is 0.478 e. The minimum atomic E-state index is -1.14. The van der Waals surface area contributed by atoms with Crippen molar-refractivity contribution < 1.29 is 14.7 Å². The van der Waals surface area contributed by atoms with Gasteiger partial charge in [-0.2, -0.15) is 0 Å². The van der Waals surface area contributed by atoms with Crippen molar-refractivity contribution in [2.75, 3.05) is 11.2 Å². The number of carbonyl (C=O) groups is 2. The summed E-state index contributed by atoms with van der Waals surface area (Å²) in [6.07, 6.45) is 0. The molecule has 1 aromatic carbocycles. The number of carbonyl (C=O) groups excluding carboxylic acids is 1. The molecule has 1 aromatic rings. The van der Waals surface area contributed by atoms with Crippen molar-refractivity contribution in [3.8, 4) is 0 Å². The molecule has 0 saturated heterocycles. The van der Waals surface area contributed by atoms with Crippen LogP contribution < -0.4 is 5.32 Å². The molecule has 4 nitrogen and oxygen atoms in total. The molecule has 0 aliphatic carbocycles. The van der Waals surface area contributed by atoms with Crippen LogP contribution in [0.2, 0.25) is 5.02 Å². The molecule has 6 heteroatoms. The van der Waals surface area contributed by atoms with Gasteiger partial charge in [-0.15, -0.1) is 11.6 Å². The number of aromatic carboxylic acids is 1. The van der Waals surface area contributed by atoms with Crippen LogP contribution in [0.5, 0.6) is 0 Å². The number of benzene rings is 1. The van der Waals surface area contributed by atoms with Gasteiger partial charge in [-0.1, -0.05) is 18.5 Å². The SMILES string of the molecule is CC(CCl)C(=O)Nc1ccc(Cl)c(C(=O)O)c1. The van der Waals surface area contributed by atoms with E-state index >= 15 is 0 Å². The van der Waals surface area contributed by atoms with Gasteiger partial charge in [0.25, 0.3) is 0 Å². The molecule has 1 unspecified atom stereocenters. The number of alkyl halides is 1. The summed E-state index contributed by atoms with van der Waals surface area (Å²) < 4.78 is 0. The van der Waals surface area contributed by atoms with Crippen LogP contribution in [0.25, 0.3) is 0 Å². The van der Waals surface area contributed by atoms with E-state index in [1.165, 1.54) is 18.2 Å². The van der Waals surface area contributed by atoms with E-state index in [2.05, 4.69) is 5.32 Å². The summed E-state index contributed by atoms with van der Waals surface area (Å²) in [5, 5.41) is 11.6. The number of anilines is 1. The van der Waals surface area contributed by atoms with E-state index in [4.69, 9.17) is 28.3 Å². The third-order valence-electron chi connectivity index (χ3n) is 2.14. The molecule has 2 N–H and O–H groups in total. The van der Waals surface area contributed by atoms with Gasteiger partial charge >= 0.3 is 5.97 Å². The van der Waals surface area contributed by atoms with Crippen molar-refractivity contribution in [1.29, 1.82) is 0 Å². The zero-order valence-electron chi connectivity index (χ0n) is 9.04. The maximum absolute atomic E-state index is 11.5. The summed E-state index contributed by atoms with van der Waals surface area (Å²) in [5.74, 6) is -1.55. The van der Waals surface area contributed by atoms with E-state index in [-0.39, 0.29) is 28.3 Å². The molecule has 1 atom stereocenters. The Morgan fingerprint density at radius 1 is 1.47 bits per heavy atom. The number of carboxylic acid groups (broad SMARTS) is 1. The molecule has 0 aliphatic rings. The van der Waals surface area contributed by atoms with E-state index < -0.39 is 5.97 Å². The molecular formula is C11H11Cl2NO3. The van der Waals surface area contributed by atoms with E-state index in [1.807, 2.05) is 0 Å². The number of halogens is 2. The van der Waals surface area contributed by atoms with Crippen LogP contribution in [-0.4, -0.2) is 22.9 Å². The van der Waals surface area contributed by atoms with Crippen LogP contribution >= 0.6 is 23.2 Å². The van der Waals surface area contributed by atoms with Crippen LogP contribution in [0, 0.1) is 5.92 Å². The van der Waals surface area contributed by atoms with Crippen molar-refractivity contribution in [2.24, 2.45) is 5.92 Å². The Bertz CT molecular complexity index is 448. The van der Waals surface area contributed by atoms with Crippen LogP contribution in [0.4, 0.5) is 5.69 Å². The number of hydrogen-bond donors (Lipinski definition) is 2. The average molecular weight is 276 g/mol. The van der Waals surface area contributed by atoms with Gasteiger partial charge in [0, 0.05) is 17.5 Å². The number of rotatable bonds is 4. The van der Waals surface area contributed by atoms with Crippen molar-refractivity contribution in [3.63, 3.8) is 0 Å². The summed E-state index contributed by atoms with van der Waals surface area (Å²) in [5.41, 5.74) is 0.330. The highest BCUT2D eigenvalue weighted by atomic mass is 35.5. The third kappa shape index (κ3) is 3.61. The minimum absolute atomic E-state index is 0.0528. The fourth-order valence-corrected chi connectivity index (χ4v) is 1.44. The lowest BCUT2D eigenvalue weighted by Gasteiger charge is -2.10. The summed E-state index contributed by atoms with van der Waals surface area (Å²) in [6, 6.07) is 4.27. The first kappa shape index (κ1) is 13.8. The second-order valence-corrected chi connectivity index (χ2v) is 4.26. The molecule has 0 saturated carbocycles. The molecule has 1 rings (SSSR count). The molecule has 0 aliphatic heterocycles. The predicted molar refractivity (Wildman–Crippen MR) is 66.9 cm³/mol. The first-order chi connectivity index (χ1) is 7.95. The lowest BCUT2D eigenvalue weighted by molar-refractivity contribution is -0.118. The van der Waals surface area contributed by atoms with Gasteiger partial charge < -0.3 is 10.4 Å². The van der Waals surface area contributed by atoms with Gasteiger partial charge in [-0.25, -0.2) is 4.79 Å². The topological polar surface area (TPSA) is 66.4 Å². The number of carboxylic acids is 1. The highest BCUT2D eigenvalue weighted by Crippen LogP contribution is 2.21. The molecular weight excluding hydrogens is 265 g/mol. The molecule has 0 bridgehead atoms. The molecule has 0 spiro atoms. The summed E-state index contributed by atoms with van der Waals surface area (Å²) in [4.78, 5) is 22.4. The van der Waals surface area contributed by atoms with Gasteiger partial charge in [0.05, 0.1) is 10.6 Å². The van der Waals surface area contributed by atoms with Gasteiger partial charge in [0.15, 0.2) is 0 Å². The monoisotopic (exact) mass is 275 g/mol. The zero-order chi connectivity index (χ0) is 13.0. The molecule has 17 heavy (non-hydrogen) atoms. The highest BCUT2D eigenvalue weighted by Gasteiger charge is 2.14. The van der Waals surface area contributed by atoms with Gasteiger partial charge in [-0.3, -0.25) is 4.79 Å². The molecule has 1 amide bonds. The molecule has 0 fully saturated rings. The highest BCUT2D eigenvalue weighted by molar-refractivity contribution is 6.33. The molecule has 0 aromatic heterocycles. The van der Waals surface area contributed by atoms with Crippen LogP contribution in [0.15, 0.2) is 18.2 Å². The Morgan fingerprint density at radius 3 is 2.65 bits per heavy atom. The first-order valence-electron chi connectivity index (χ1n) is 4.85. The van der Waals surface area contributed by atoms with Crippen LogP contribution in [-0.2, 0) is 4.79 Å². The number of hydrogen-bond acceptors (Lipinski definition) is 2. The van der Waals surface area contributed by atoms with Gasteiger partial charge in [0.1, 0.15) is 0 Å². The minimum Gasteiger partial charge on any atom is -0.478 e. The predicted octanol–water partition coefficient (Wildman–Crippen LogP) is 2.85. The Hall–Kier alpha value is -1.26. The normalized spacial score (nSPS) is 11.9. The fourth-order valence-electron chi connectivity index (χ4n) is 1.10. The summed E-state index contributed by atoms with van der Waals surface area (Å²) in [6.45, 7) is 1.68. The maximum atomic E-state index is 11.5. The van der Waals surface area contributed by atoms with Crippen molar-refractivity contribution >= 4 is 40.8 Å². The fraction of sp³-hybridized carbons (Fsp3) is 0.273. The maximum Gasteiger partial charge on any atom is 0.337 e. The Kier molecular flexibility index (Phi) is 4.78. The molecule has 92 valence electrons. The number of amides is 1. The standard InChI is InChI=1S/C11H11Cl2NO3/c1-6(5-12)10(15)14-7-2-3-9(13)8(4-7)11(16)17/h2-4,6H,5H2,1H3,(H,14,15)(H,16,17). The Morgan fingerprint density at radius 2 is 2.12 bits per heavy atom. The Balaban J connectivity index is 2.90. The van der Waals surface area contributed by atoms with Crippen molar-refractivity contribution in [3.05, 3.63) is 28.8 Å². The van der Waals surface area contributed by atoms with E-state index in [1.54, 1.807) is 6.92 Å². The van der Waals surface area contributed by atoms with E-state index in [9.17, 15) is 9.59 Å². The van der Waals surface area contributed by atoms with Crippen molar-refractivity contribution in [1.82, 2.24) is 0 Å². The zero-order valence-corrected chi connectivity index (χ0v) is 10.5. The molecule has 0 radical (unpaired) electrons. The average Bonchev–Trinajstić information content (AvgIpc) is 2.30. The summed E-state index contributed by atoms with van der Waals surface area (Å²) >= 11 is 11.2. The summed E-state index contributed by atoms with van der Waals surface area (Å²) in [7, 11) is 0.